The minimum Gasteiger partial charge on any atom is -0.294 e. The molecule has 0 aliphatic carbocycles. The first-order valence-electron chi connectivity index (χ1n) is 8.68. The second-order valence-electron chi connectivity index (χ2n) is 6.35. The average molecular weight is 360 g/mol. The van der Waals surface area contributed by atoms with Crippen LogP contribution in [0.15, 0.2) is 60.7 Å². The minimum atomic E-state index is -0.0685. The molecule has 0 radical (unpaired) electrons. The number of unbranched alkanes of at least 4 members (excludes halogenated alkanes) is 1. The van der Waals surface area contributed by atoms with Gasteiger partial charge in [0.05, 0.1) is 4.87 Å². The number of benzene rings is 2. The molecule has 1 unspecified atom stereocenters. The predicted molar refractivity (Wildman–Crippen MR) is 112 cm³/mol. The lowest BCUT2D eigenvalue weighted by Gasteiger charge is -2.45. The first-order chi connectivity index (χ1) is 11.7. The van der Waals surface area contributed by atoms with Crippen LogP contribution >= 0.6 is 24.4 Å². The third-order valence-electron chi connectivity index (χ3n) is 4.55. The van der Waals surface area contributed by atoms with E-state index in [1.165, 1.54) is 24.0 Å². The fraction of sp³-hybridized carbons (Fsp3) is 0.429. The maximum atomic E-state index is 4.82. The SMILES string of the molecule is CCCCSC(CS)(C(c1ccccc1)c1ccccc1)N(C)C. The highest BCUT2D eigenvalue weighted by Gasteiger charge is 2.42. The van der Waals surface area contributed by atoms with Crippen molar-refractivity contribution in [3.8, 4) is 0 Å². The summed E-state index contributed by atoms with van der Waals surface area (Å²) in [5.74, 6) is 2.25. The fourth-order valence-corrected chi connectivity index (χ4v) is 5.46. The van der Waals surface area contributed by atoms with Crippen LogP contribution in [0.25, 0.3) is 0 Å². The molecule has 0 heterocycles. The van der Waals surface area contributed by atoms with Crippen LogP contribution in [0, 0.1) is 0 Å². The third-order valence-corrected chi connectivity index (χ3v) is 6.98. The number of nitrogens with zero attached hydrogens (tertiary/aromatic N) is 1. The normalized spacial score (nSPS) is 14.1. The van der Waals surface area contributed by atoms with E-state index in [0.717, 1.165) is 11.5 Å². The summed E-state index contributed by atoms with van der Waals surface area (Å²) in [5, 5.41) is 0. The van der Waals surface area contributed by atoms with Gasteiger partial charge in [-0.25, -0.2) is 0 Å². The van der Waals surface area contributed by atoms with Crippen LogP contribution in [-0.4, -0.2) is 35.4 Å². The van der Waals surface area contributed by atoms with E-state index in [4.69, 9.17) is 12.6 Å². The molecular formula is C21H29NS2. The number of hydrogen-bond acceptors (Lipinski definition) is 3. The lowest BCUT2D eigenvalue weighted by Crippen LogP contribution is -2.49. The maximum Gasteiger partial charge on any atom is 0.0864 e. The van der Waals surface area contributed by atoms with Crippen LogP contribution in [-0.2, 0) is 0 Å². The van der Waals surface area contributed by atoms with Crippen molar-refractivity contribution in [2.24, 2.45) is 0 Å². The summed E-state index contributed by atoms with van der Waals surface area (Å²) in [4.78, 5) is 2.30. The molecule has 2 rings (SSSR count). The standard InChI is InChI=1S/C21H29NS2/c1-4-5-16-24-21(17-23,22(2)3)20(18-12-8-6-9-13-18)19-14-10-7-11-15-19/h6-15,20,23H,4-5,16-17H2,1-3H3. The molecule has 0 aromatic heterocycles. The van der Waals surface area contributed by atoms with Crippen LogP contribution < -0.4 is 0 Å². The Morgan fingerprint density at radius 1 is 0.958 bits per heavy atom. The van der Waals surface area contributed by atoms with E-state index in [2.05, 4.69) is 86.6 Å². The molecule has 3 heteroatoms. The summed E-state index contributed by atoms with van der Waals surface area (Å²) in [5.41, 5.74) is 2.71. The van der Waals surface area contributed by atoms with Gasteiger partial charge in [-0.2, -0.15) is 12.6 Å². The summed E-state index contributed by atoms with van der Waals surface area (Å²) >= 11 is 6.87. The van der Waals surface area contributed by atoms with Gasteiger partial charge in [-0.3, -0.25) is 4.90 Å². The van der Waals surface area contributed by atoms with Crippen molar-refractivity contribution in [2.75, 3.05) is 25.6 Å². The summed E-state index contributed by atoms with van der Waals surface area (Å²) < 4.78 is 0. The molecule has 2 aromatic carbocycles. The molecule has 0 spiro atoms. The highest BCUT2D eigenvalue weighted by molar-refractivity contribution is 8.01. The summed E-state index contributed by atoms with van der Waals surface area (Å²) in [7, 11) is 4.38. The molecule has 0 amide bonds. The Morgan fingerprint density at radius 3 is 1.83 bits per heavy atom. The van der Waals surface area contributed by atoms with Crippen molar-refractivity contribution in [3.63, 3.8) is 0 Å². The number of thiol groups is 1. The van der Waals surface area contributed by atoms with Crippen LogP contribution in [0.3, 0.4) is 0 Å². The van der Waals surface area contributed by atoms with Gasteiger partial charge in [0.25, 0.3) is 0 Å². The smallest absolute Gasteiger partial charge is 0.0864 e. The molecule has 130 valence electrons. The Bertz CT molecular complexity index is 546. The van der Waals surface area contributed by atoms with Crippen molar-refractivity contribution in [3.05, 3.63) is 71.8 Å². The van der Waals surface area contributed by atoms with Crippen molar-refractivity contribution in [1.29, 1.82) is 0 Å². The molecule has 0 aliphatic rings. The Hall–Kier alpha value is -0.900. The van der Waals surface area contributed by atoms with Crippen LogP contribution in [0.2, 0.25) is 0 Å². The number of rotatable bonds is 9. The van der Waals surface area contributed by atoms with Crippen LogP contribution in [0.5, 0.6) is 0 Å². The predicted octanol–water partition coefficient (Wildman–Crippen LogP) is 5.54. The van der Waals surface area contributed by atoms with Gasteiger partial charge < -0.3 is 0 Å². The molecular weight excluding hydrogens is 330 g/mol. The van der Waals surface area contributed by atoms with E-state index in [1.54, 1.807) is 0 Å². The van der Waals surface area contributed by atoms with Crippen molar-refractivity contribution in [1.82, 2.24) is 4.90 Å². The molecule has 24 heavy (non-hydrogen) atoms. The molecule has 0 aliphatic heterocycles. The van der Waals surface area contributed by atoms with Crippen molar-refractivity contribution < 1.29 is 0 Å². The Kier molecular flexibility index (Phi) is 7.73. The van der Waals surface area contributed by atoms with E-state index >= 15 is 0 Å². The number of hydrogen-bond donors (Lipinski definition) is 1. The number of likely N-dealkylation sites (N-methyl/N-ethyl adjacent to an activating group) is 1. The van der Waals surface area contributed by atoms with Gasteiger partial charge in [0.15, 0.2) is 0 Å². The Labute approximate surface area is 157 Å². The molecule has 0 fully saturated rings. The highest BCUT2D eigenvalue weighted by atomic mass is 32.2. The highest BCUT2D eigenvalue weighted by Crippen LogP contribution is 2.46. The molecule has 2 aromatic rings. The van der Waals surface area contributed by atoms with Crippen LogP contribution in [0.4, 0.5) is 0 Å². The van der Waals surface area contributed by atoms with E-state index in [0.29, 0.717) is 0 Å². The molecule has 1 nitrogen and oxygen atoms in total. The van der Waals surface area contributed by atoms with E-state index < -0.39 is 0 Å². The van der Waals surface area contributed by atoms with E-state index in [1.807, 2.05) is 11.8 Å². The van der Waals surface area contributed by atoms with Gasteiger partial charge >= 0.3 is 0 Å². The first kappa shape index (κ1) is 19.4. The molecule has 1 atom stereocenters. The lowest BCUT2D eigenvalue weighted by atomic mass is 9.84. The summed E-state index contributed by atoms with van der Waals surface area (Å²) in [6.07, 6.45) is 2.47. The zero-order chi connectivity index (χ0) is 17.4. The maximum absolute atomic E-state index is 4.82. The van der Waals surface area contributed by atoms with Crippen molar-refractivity contribution in [2.45, 2.75) is 30.6 Å². The summed E-state index contributed by atoms with van der Waals surface area (Å²) in [6, 6.07) is 21.7. The zero-order valence-corrected chi connectivity index (χ0v) is 16.7. The third kappa shape index (κ3) is 4.38. The lowest BCUT2D eigenvalue weighted by molar-refractivity contribution is 0.258. The van der Waals surface area contributed by atoms with Crippen LogP contribution in [0.1, 0.15) is 36.8 Å². The van der Waals surface area contributed by atoms with Gasteiger partial charge in [-0.05, 0) is 37.4 Å². The van der Waals surface area contributed by atoms with Gasteiger partial charge in [0.2, 0.25) is 0 Å². The Morgan fingerprint density at radius 2 is 1.46 bits per heavy atom. The van der Waals surface area contributed by atoms with Gasteiger partial charge in [0, 0.05) is 11.7 Å². The quantitative estimate of drug-likeness (QED) is 0.356. The fourth-order valence-electron chi connectivity index (χ4n) is 3.15. The summed E-state index contributed by atoms with van der Waals surface area (Å²) in [6.45, 7) is 2.25. The van der Waals surface area contributed by atoms with E-state index in [-0.39, 0.29) is 10.8 Å². The first-order valence-corrected chi connectivity index (χ1v) is 10.3. The van der Waals surface area contributed by atoms with Gasteiger partial charge in [-0.15, -0.1) is 11.8 Å². The van der Waals surface area contributed by atoms with Gasteiger partial charge in [-0.1, -0.05) is 74.0 Å². The largest absolute Gasteiger partial charge is 0.294 e. The molecule has 0 N–H and O–H groups in total. The number of thioether (sulfide) groups is 1. The van der Waals surface area contributed by atoms with Crippen molar-refractivity contribution >= 4 is 24.4 Å². The topological polar surface area (TPSA) is 3.24 Å². The monoisotopic (exact) mass is 359 g/mol. The molecule has 0 saturated heterocycles. The Balaban J connectivity index is 2.52. The molecule has 0 saturated carbocycles. The second-order valence-corrected chi connectivity index (χ2v) is 8.07. The average Bonchev–Trinajstić information content (AvgIpc) is 2.62. The zero-order valence-electron chi connectivity index (χ0n) is 15.0. The molecule has 0 bridgehead atoms. The minimum absolute atomic E-state index is 0.0685. The van der Waals surface area contributed by atoms with E-state index in [9.17, 15) is 0 Å². The van der Waals surface area contributed by atoms with Gasteiger partial charge in [0.1, 0.15) is 0 Å². The second kappa shape index (κ2) is 9.55.